The highest BCUT2D eigenvalue weighted by molar-refractivity contribution is 7.99. The third kappa shape index (κ3) is 2.65. The normalized spacial score (nSPS) is 11.1. The van der Waals surface area contributed by atoms with Crippen molar-refractivity contribution < 1.29 is 4.74 Å². The molecule has 5 nitrogen and oxygen atoms in total. The molecule has 0 aliphatic carbocycles. The molecule has 1 N–H and O–H groups in total. The van der Waals surface area contributed by atoms with Crippen LogP contribution in [0.4, 0.5) is 0 Å². The van der Waals surface area contributed by atoms with Crippen LogP contribution in [0.25, 0.3) is 17.0 Å². The number of hydrogen-bond donors (Lipinski definition) is 1. The second kappa shape index (κ2) is 6.05. The summed E-state index contributed by atoms with van der Waals surface area (Å²) in [5.41, 5.74) is 3.13. The molecular weight excluding hydrogens is 320 g/mol. The van der Waals surface area contributed by atoms with Gasteiger partial charge in [0.25, 0.3) is 0 Å². The van der Waals surface area contributed by atoms with E-state index < -0.39 is 0 Å². The summed E-state index contributed by atoms with van der Waals surface area (Å²) in [5.74, 6) is 1.58. The summed E-state index contributed by atoms with van der Waals surface area (Å²) < 4.78 is 7.21. The van der Waals surface area contributed by atoms with Crippen molar-refractivity contribution >= 4 is 17.5 Å². The number of imidazole rings is 1. The van der Waals surface area contributed by atoms with E-state index in [1.54, 1.807) is 25.1 Å². The van der Waals surface area contributed by atoms with Gasteiger partial charge < -0.3 is 9.72 Å². The van der Waals surface area contributed by atoms with Gasteiger partial charge in [-0.2, -0.15) is 0 Å². The Labute approximate surface area is 143 Å². The third-order valence-corrected chi connectivity index (χ3v) is 4.76. The van der Waals surface area contributed by atoms with E-state index in [0.717, 1.165) is 38.4 Å². The molecule has 24 heavy (non-hydrogen) atoms. The van der Waals surface area contributed by atoms with E-state index in [1.165, 1.54) is 0 Å². The minimum absolute atomic E-state index is 0.718. The highest BCUT2D eigenvalue weighted by atomic mass is 32.2. The van der Waals surface area contributed by atoms with Crippen LogP contribution >= 0.6 is 11.8 Å². The van der Waals surface area contributed by atoms with E-state index in [9.17, 15) is 0 Å². The number of nitrogens with one attached hydrogen (secondary N) is 1. The van der Waals surface area contributed by atoms with Gasteiger partial charge in [-0.15, -0.1) is 0 Å². The molecule has 0 unspecified atom stereocenters. The number of fused-ring (bicyclic) bond motifs is 1. The lowest BCUT2D eigenvalue weighted by Crippen LogP contribution is -1.88. The molecule has 4 rings (SSSR count). The van der Waals surface area contributed by atoms with Crippen molar-refractivity contribution in [3.63, 3.8) is 0 Å². The van der Waals surface area contributed by atoms with E-state index in [2.05, 4.69) is 21.0 Å². The highest BCUT2D eigenvalue weighted by Gasteiger charge is 2.13. The molecule has 0 radical (unpaired) electrons. The number of H-pyrrole nitrogens is 1. The maximum atomic E-state index is 5.19. The molecule has 0 aliphatic heterocycles. The third-order valence-electron chi connectivity index (χ3n) is 3.80. The van der Waals surface area contributed by atoms with Crippen molar-refractivity contribution in [2.75, 3.05) is 7.11 Å². The van der Waals surface area contributed by atoms with Crippen molar-refractivity contribution in [1.82, 2.24) is 19.4 Å². The molecule has 0 saturated carbocycles. The first kappa shape index (κ1) is 14.8. The number of rotatable bonds is 4. The Morgan fingerprint density at radius 1 is 1.21 bits per heavy atom. The maximum Gasteiger partial charge on any atom is 0.234 e. The maximum absolute atomic E-state index is 5.19. The van der Waals surface area contributed by atoms with Crippen LogP contribution in [-0.2, 0) is 0 Å². The molecule has 0 atom stereocenters. The quantitative estimate of drug-likeness (QED) is 0.607. The monoisotopic (exact) mass is 336 g/mol. The molecule has 0 aliphatic rings. The molecule has 3 aromatic heterocycles. The van der Waals surface area contributed by atoms with Crippen LogP contribution in [0.5, 0.6) is 5.75 Å². The number of methoxy groups -OCH3 is 1. The van der Waals surface area contributed by atoms with Gasteiger partial charge >= 0.3 is 0 Å². The van der Waals surface area contributed by atoms with Crippen LogP contribution in [-0.4, -0.2) is 26.5 Å². The Kier molecular flexibility index (Phi) is 3.74. The van der Waals surface area contributed by atoms with Gasteiger partial charge in [-0.1, -0.05) is 11.8 Å². The van der Waals surface area contributed by atoms with Crippen molar-refractivity contribution in [1.29, 1.82) is 0 Å². The smallest absolute Gasteiger partial charge is 0.234 e. The second-order valence-corrected chi connectivity index (χ2v) is 6.48. The number of ether oxygens (including phenoxy) is 1. The van der Waals surface area contributed by atoms with Crippen LogP contribution in [0, 0.1) is 6.92 Å². The van der Waals surface area contributed by atoms with Gasteiger partial charge in [0.05, 0.1) is 23.5 Å². The number of nitrogens with zero attached hydrogens (tertiary/aromatic N) is 3. The predicted octanol–water partition coefficient (Wildman–Crippen LogP) is 4.19. The van der Waals surface area contributed by atoms with Crippen LogP contribution in [0.3, 0.4) is 0 Å². The first-order valence-electron chi connectivity index (χ1n) is 7.55. The van der Waals surface area contributed by atoms with Crippen molar-refractivity contribution in [2.24, 2.45) is 0 Å². The molecule has 0 saturated heterocycles. The first-order chi connectivity index (χ1) is 11.7. The van der Waals surface area contributed by atoms with E-state index in [-0.39, 0.29) is 0 Å². The average molecular weight is 336 g/mol. The SMILES string of the molecule is COc1ccc(Sc2cc(-c3c(C)nc4ncccn34)c[nH]2)cc1. The summed E-state index contributed by atoms with van der Waals surface area (Å²) >= 11 is 1.68. The molecule has 6 heteroatoms. The fraction of sp³-hybridized carbons (Fsp3) is 0.111. The zero-order chi connectivity index (χ0) is 16.5. The van der Waals surface area contributed by atoms with E-state index in [4.69, 9.17) is 4.74 Å². The minimum atomic E-state index is 0.718. The lowest BCUT2D eigenvalue weighted by Gasteiger charge is -2.01. The van der Waals surface area contributed by atoms with Gasteiger partial charge in [0, 0.05) is 29.0 Å². The highest BCUT2D eigenvalue weighted by Crippen LogP contribution is 2.32. The van der Waals surface area contributed by atoms with Gasteiger partial charge in [0.15, 0.2) is 0 Å². The molecule has 1 aromatic carbocycles. The Bertz CT molecular complexity index is 988. The summed E-state index contributed by atoms with van der Waals surface area (Å²) in [5, 5.41) is 1.08. The first-order valence-corrected chi connectivity index (χ1v) is 8.36. The Morgan fingerprint density at radius 2 is 2.04 bits per heavy atom. The number of aryl methyl sites for hydroxylation is 1. The van der Waals surface area contributed by atoms with E-state index >= 15 is 0 Å². The van der Waals surface area contributed by atoms with Gasteiger partial charge in [-0.25, -0.2) is 9.97 Å². The summed E-state index contributed by atoms with van der Waals surface area (Å²) in [7, 11) is 1.67. The van der Waals surface area contributed by atoms with Crippen molar-refractivity contribution in [3.8, 4) is 17.0 Å². The van der Waals surface area contributed by atoms with Gasteiger partial charge in [-0.05, 0) is 43.3 Å². The van der Waals surface area contributed by atoms with E-state index in [0.29, 0.717) is 0 Å². The molecule has 0 spiro atoms. The summed E-state index contributed by atoms with van der Waals surface area (Å²) in [6.45, 7) is 2.01. The number of aromatic amines is 1. The Balaban J connectivity index is 1.65. The van der Waals surface area contributed by atoms with Crippen LogP contribution < -0.4 is 4.74 Å². The van der Waals surface area contributed by atoms with Gasteiger partial charge in [-0.3, -0.25) is 4.40 Å². The topological polar surface area (TPSA) is 55.2 Å². The number of hydrogen-bond acceptors (Lipinski definition) is 4. The Morgan fingerprint density at radius 3 is 2.83 bits per heavy atom. The summed E-state index contributed by atoms with van der Waals surface area (Å²) in [4.78, 5) is 13.3. The average Bonchev–Trinajstić information content (AvgIpc) is 3.18. The van der Waals surface area contributed by atoms with Crippen LogP contribution in [0.15, 0.2) is 64.9 Å². The summed E-state index contributed by atoms with van der Waals surface area (Å²) in [6.07, 6.45) is 5.75. The second-order valence-electron chi connectivity index (χ2n) is 5.37. The zero-order valence-corrected chi connectivity index (χ0v) is 14.2. The number of benzene rings is 1. The standard InChI is InChI=1S/C18H16N4OS/c1-12-17(22-9-3-8-19-18(22)21-12)13-10-16(20-11-13)24-15-6-4-14(23-2)5-7-15/h3-11,20H,1-2H3. The zero-order valence-electron chi connectivity index (χ0n) is 13.4. The van der Waals surface area contributed by atoms with Gasteiger partial charge in [0.1, 0.15) is 5.75 Å². The number of aromatic nitrogens is 4. The van der Waals surface area contributed by atoms with E-state index in [1.807, 2.05) is 54.0 Å². The van der Waals surface area contributed by atoms with Crippen molar-refractivity contribution in [3.05, 3.63) is 60.7 Å². The van der Waals surface area contributed by atoms with Crippen LogP contribution in [0.1, 0.15) is 5.69 Å². The van der Waals surface area contributed by atoms with Gasteiger partial charge in [0.2, 0.25) is 5.78 Å². The largest absolute Gasteiger partial charge is 0.497 e. The minimum Gasteiger partial charge on any atom is -0.497 e. The van der Waals surface area contributed by atoms with Crippen molar-refractivity contribution in [2.45, 2.75) is 16.8 Å². The fourth-order valence-corrected chi connectivity index (χ4v) is 3.52. The molecule has 120 valence electrons. The molecule has 4 aromatic rings. The summed E-state index contributed by atoms with van der Waals surface area (Å²) in [6, 6.07) is 12.1. The molecule has 0 amide bonds. The molecule has 3 heterocycles. The fourth-order valence-electron chi connectivity index (χ4n) is 2.69. The lowest BCUT2D eigenvalue weighted by atomic mass is 10.2. The predicted molar refractivity (Wildman–Crippen MR) is 94.6 cm³/mol. The Hall–Kier alpha value is -2.73. The lowest BCUT2D eigenvalue weighted by molar-refractivity contribution is 0.414. The van der Waals surface area contributed by atoms with Crippen LogP contribution in [0.2, 0.25) is 0 Å². The molecular formula is C18H16N4OS. The molecule has 0 fully saturated rings. The molecule has 0 bridgehead atoms.